The van der Waals surface area contributed by atoms with Crippen molar-refractivity contribution in [3.8, 4) is 16.9 Å². The molecule has 0 saturated heterocycles. The van der Waals surface area contributed by atoms with Crippen molar-refractivity contribution < 1.29 is 4.74 Å². The summed E-state index contributed by atoms with van der Waals surface area (Å²) in [6, 6.07) is 16.5. The average Bonchev–Trinajstić information content (AvgIpc) is 3.09. The van der Waals surface area contributed by atoms with Crippen molar-refractivity contribution in [2.24, 2.45) is 5.73 Å². The molecule has 0 aliphatic rings. The Labute approximate surface area is 164 Å². The fraction of sp³-hybridized carbons (Fsp3) is 0.217. The van der Waals surface area contributed by atoms with Gasteiger partial charge in [-0.1, -0.05) is 30.3 Å². The molecule has 5 nitrogen and oxygen atoms in total. The summed E-state index contributed by atoms with van der Waals surface area (Å²) in [6.07, 6.45) is 4.36. The van der Waals surface area contributed by atoms with E-state index in [2.05, 4.69) is 46.4 Å². The second kappa shape index (κ2) is 7.82. The van der Waals surface area contributed by atoms with Gasteiger partial charge in [0.15, 0.2) is 0 Å². The maximum Gasteiger partial charge on any atom is 0.138 e. The van der Waals surface area contributed by atoms with Gasteiger partial charge in [0.05, 0.1) is 17.4 Å². The molecule has 0 amide bonds. The number of nitrogens with two attached hydrogens (primary N) is 1. The summed E-state index contributed by atoms with van der Waals surface area (Å²) >= 11 is 0. The Morgan fingerprint density at radius 2 is 1.89 bits per heavy atom. The SMILES string of the molecule is Cc1ccccc1C[C@H](N)COc1cncc(-c2ccc3[nH]nc(C)c3c2)c1. The summed E-state index contributed by atoms with van der Waals surface area (Å²) in [5.74, 6) is 0.724. The van der Waals surface area contributed by atoms with E-state index < -0.39 is 0 Å². The third-order valence-electron chi connectivity index (χ3n) is 5.01. The van der Waals surface area contributed by atoms with Gasteiger partial charge < -0.3 is 10.5 Å². The number of nitrogens with zero attached hydrogens (tertiary/aromatic N) is 2. The van der Waals surface area contributed by atoms with Crippen LogP contribution in [0.15, 0.2) is 60.9 Å². The van der Waals surface area contributed by atoms with Crippen molar-refractivity contribution in [3.05, 3.63) is 77.7 Å². The van der Waals surface area contributed by atoms with E-state index in [4.69, 9.17) is 10.5 Å². The fourth-order valence-electron chi connectivity index (χ4n) is 3.36. The minimum atomic E-state index is -0.0744. The van der Waals surface area contributed by atoms with Gasteiger partial charge in [-0.15, -0.1) is 0 Å². The molecule has 4 aromatic rings. The monoisotopic (exact) mass is 372 g/mol. The van der Waals surface area contributed by atoms with Crippen molar-refractivity contribution in [3.63, 3.8) is 0 Å². The predicted molar refractivity (Wildman–Crippen MR) is 112 cm³/mol. The Hall–Kier alpha value is -3.18. The summed E-state index contributed by atoms with van der Waals surface area (Å²) in [5, 5.41) is 8.40. The largest absolute Gasteiger partial charge is 0.490 e. The zero-order valence-electron chi connectivity index (χ0n) is 16.1. The van der Waals surface area contributed by atoms with Crippen LogP contribution in [0.1, 0.15) is 16.8 Å². The summed E-state index contributed by atoms with van der Waals surface area (Å²) in [7, 11) is 0. The molecule has 2 aromatic heterocycles. The topological polar surface area (TPSA) is 76.8 Å². The zero-order chi connectivity index (χ0) is 19.5. The van der Waals surface area contributed by atoms with Gasteiger partial charge in [0.25, 0.3) is 0 Å². The zero-order valence-corrected chi connectivity index (χ0v) is 16.1. The van der Waals surface area contributed by atoms with Crippen molar-refractivity contribution in [2.45, 2.75) is 26.3 Å². The van der Waals surface area contributed by atoms with E-state index in [0.717, 1.165) is 39.9 Å². The Balaban J connectivity index is 1.46. The Morgan fingerprint density at radius 3 is 2.75 bits per heavy atom. The molecule has 1 atom stereocenters. The number of aromatic nitrogens is 3. The highest BCUT2D eigenvalue weighted by molar-refractivity contribution is 5.86. The minimum Gasteiger partial charge on any atom is -0.490 e. The third-order valence-corrected chi connectivity index (χ3v) is 5.01. The number of aromatic amines is 1. The highest BCUT2D eigenvalue weighted by atomic mass is 16.5. The average molecular weight is 372 g/mol. The highest BCUT2D eigenvalue weighted by Crippen LogP contribution is 2.27. The first-order valence-electron chi connectivity index (χ1n) is 9.43. The summed E-state index contributed by atoms with van der Waals surface area (Å²) in [6.45, 7) is 4.55. The van der Waals surface area contributed by atoms with Crippen LogP contribution in [0.25, 0.3) is 22.0 Å². The molecule has 0 aliphatic heterocycles. The first-order valence-corrected chi connectivity index (χ1v) is 9.43. The fourth-order valence-corrected chi connectivity index (χ4v) is 3.36. The van der Waals surface area contributed by atoms with E-state index in [9.17, 15) is 0 Å². The van der Waals surface area contributed by atoms with Crippen LogP contribution >= 0.6 is 0 Å². The van der Waals surface area contributed by atoms with Gasteiger partial charge >= 0.3 is 0 Å². The molecular formula is C23H24N4O. The number of hydrogen-bond acceptors (Lipinski definition) is 4. The van der Waals surface area contributed by atoms with Gasteiger partial charge in [0.2, 0.25) is 0 Å². The highest BCUT2D eigenvalue weighted by Gasteiger charge is 2.09. The third kappa shape index (κ3) is 3.89. The van der Waals surface area contributed by atoms with Crippen molar-refractivity contribution >= 4 is 10.9 Å². The molecule has 5 heteroatoms. The van der Waals surface area contributed by atoms with Crippen molar-refractivity contribution in [1.29, 1.82) is 0 Å². The number of fused-ring (bicyclic) bond motifs is 1. The van der Waals surface area contributed by atoms with Crippen LogP contribution in [0.5, 0.6) is 5.75 Å². The van der Waals surface area contributed by atoms with Crippen molar-refractivity contribution in [1.82, 2.24) is 15.2 Å². The lowest BCUT2D eigenvalue weighted by Gasteiger charge is -2.15. The van der Waals surface area contributed by atoms with Crippen LogP contribution in [0.2, 0.25) is 0 Å². The second-order valence-electron chi connectivity index (χ2n) is 7.18. The van der Waals surface area contributed by atoms with Crippen LogP contribution in [0.4, 0.5) is 0 Å². The molecule has 0 saturated carbocycles. The first-order chi connectivity index (χ1) is 13.6. The van der Waals surface area contributed by atoms with Crippen molar-refractivity contribution in [2.75, 3.05) is 6.61 Å². The first kappa shape index (κ1) is 18.2. The normalized spacial score (nSPS) is 12.2. The van der Waals surface area contributed by atoms with Gasteiger partial charge in [-0.25, -0.2) is 0 Å². The van der Waals surface area contributed by atoms with Crippen LogP contribution in [0, 0.1) is 13.8 Å². The molecule has 4 rings (SSSR count). The van der Waals surface area contributed by atoms with E-state index in [1.54, 1.807) is 6.20 Å². The number of ether oxygens (including phenoxy) is 1. The van der Waals surface area contributed by atoms with Crippen LogP contribution in [-0.2, 0) is 6.42 Å². The van der Waals surface area contributed by atoms with Gasteiger partial charge in [-0.3, -0.25) is 10.1 Å². The van der Waals surface area contributed by atoms with Gasteiger partial charge in [0, 0.05) is 23.2 Å². The number of nitrogens with one attached hydrogen (secondary N) is 1. The Morgan fingerprint density at radius 1 is 1.04 bits per heavy atom. The molecule has 0 radical (unpaired) electrons. The smallest absolute Gasteiger partial charge is 0.138 e. The van der Waals surface area contributed by atoms with E-state index in [1.807, 2.05) is 37.4 Å². The molecule has 0 unspecified atom stereocenters. The summed E-state index contributed by atoms with van der Waals surface area (Å²) in [4.78, 5) is 4.34. The molecule has 0 spiro atoms. The molecule has 28 heavy (non-hydrogen) atoms. The lowest BCUT2D eigenvalue weighted by Crippen LogP contribution is -2.30. The summed E-state index contributed by atoms with van der Waals surface area (Å²) < 4.78 is 5.93. The number of benzene rings is 2. The van der Waals surface area contributed by atoms with Gasteiger partial charge in [-0.2, -0.15) is 5.10 Å². The second-order valence-corrected chi connectivity index (χ2v) is 7.18. The van der Waals surface area contributed by atoms with Gasteiger partial charge in [-0.05, 0) is 55.2 Å². The molecule has 0 fully saturated rings. The Kier molecular flexibility index (Phi) is 5.08. The van der Waals surface area contributed by atoms with E-state index in [-0.39, 0.29) is 6.04 Å². The number of aryl methyl sites for hydroxylation is 2. The van der Waals surface area contributed by atoms with Crippen LogP contribution in [0.3, 0.4) is 0 Å². The molecule has 2 heterocycles. The maximum atomic E-state index is 6.28. The molecule has 0 aliphatic carbocycles. The van der Waals surface area contributed by atoms with Crippen LogP contribution < -0.4 is 10.5 Å². The van der Waals surface area contributed by atoms with E-state index in [1.165, 1.54) is 11.1 Å². The molecule has 142 valence electrons. The summed E-state index contributed by atoms with van der Waals surface area (Å²) in [5.41, 5.74) is 12.9. The predicted octanol–water partition coefficient (Wildman–Crippen LogP) is 4.19. The molecule has 0 bridgehead atoms. The minimum absolute atomic E-state index is 0.0744. The van der Waals surface area contributed by atoms with Gasteiger partial charge in [0.1, 0.15) is 12.4 Å². The lowest BCUT2D eigenvalue weighted by molar-refractivity contribution is 0.286. The number of H-pyrrole nitrogens is 1. The molecular weight excluding hydrogens is 348 g/mol. The maximum absolute atomic E-state index is 6.28. The van der Waals surface area contributed by atoms with E-state index >= 15 is 0 Å². The van der Waals surface area contributed by atoms with E-state index in [0.29, 0.717) is 6.61 Å². The van der Waals surface area contributed by atoms with Crippen LogP contribution in [-0.4, -0.2) is 27.8 Å². The number of pyridine rings is 1. The number of hydrogen-bond donors (Lipinski definition) is 2. The lowest BCUT2D eigenvalue weighted by atomic mass is 10.0. The molecule has 2 aromatic carbocycles. The standard InChI is InChI=1S/C23H24N4O/c1-15-5-3-4-6-17(15)9-20(24)14-28-21-10-19(12-25-13-21)18-7-8-23-22(11-18)16(2)26-27-23/h3-8,10-13,20H,9,14,24H2,1-2H3,(H,26,27)/t20-/m0/s1. The number of rotatable bonds is 6. The quantitative estimate of drug-likeness (QED) is 0.532. The Bertz CT molecular complexity index is 1100. The molecule has 3 N–H and O–H groups in total.